The zero-order valence-corrected chi connectivity index (χ0v) is 15.1. The van der Waals surface area contributed by atoms with Gasteiger partial charge in [0.05, 0.1) is 25.0 Å². The minimum absolute atomic E-state index is 0.592. The summed E-state index contributed by atoms with van der Waals surface area (Å²) in [5.74, 6) is 1.57. The summed E-state index contributed by atoms with van der Waals surface area (Å²) < 4.78 is 7.18. The van der Waals surface area contributed by atoms with E-state index in [4.69, 9.17) is 9.73 Å². The molecule has 1 aliphatic heterocycles. The molecule has 0 bridgehead atoms. The van der Waals surface area contributed by atoms with E-state index in [0.29, 0.717) is 12.5 Å². The maximum absolute atomic E-state index is 5.29. The van der Waals surface area contributed by atoms with E-state index >= 15 is 0 Å². The molecule has 0 radical (unpaired) electrons. The molecule has 0 aliphatic carbocycles. The van der Waals surface area contributed by atoms with E-state index in [1.807, 2.05) is 47.4 Å². The number of ether oxygens (including phenoxy) is 1. The van der Waals surface area contributed by atoms with E-state index in [2.05, 4.69) is 22.2 Å². The number of hydrogen-bond donors (Lipinski definition) is 1. The summed E-state index contributed by atoms with van der Waals surface area (Å²) >= 11 is 0. The largest absolute Gasteiger partial charge is 0.384 e. The van der Waals surface area contributed by atoms with Gasteiger partial charge in [0.15, 0.2) is 5.96 Å². The Bertz CT molecular complexity index is 682. The van der Waals surface area contributed by atoms with E-state index in [0.717, 1.165) is 49.9 Å². The molecule has 0 saturated carbocycles. The van der Waals surface area contributed by atoms with Crippen LogP contribution in [-0.4, -0.2) is 54.0 Å². The Morgan fingerprint density at radius 2 is 2.20 bits per heavy atom. The molecule has 1 unspecified atom stereocenters. The van der Waals surface area contributed by atoms with Gasteiger partial charge in [-0.1, -0.05) is 18.2 Å². The van der Waals surface area contributed by atoms with Crippen molar-refractivity contribution >= 4 is 5.96 Å². The highest BCUT2D eigenvalue weighted by molar-refractivity contribution is 5.80. The van der Waals surface area contributed by atoms with Gasteiger partial charge in [-0.15, -0.1) is 0 Å². The van der Waals surface area contributed by atoms with Crippen LogP contribution in [0.4, 0.5) is 0 Å². The summed E-state index contributed by atoms with van der Waals surface area (Å²) in [5.41, 5.74) is 2.17. The van der Waals surface area contributed by atoms with Crippen molar-refractivity contribution in [2.75, 3.05) is 33.4 Å². The summed E-state index contributed by atoms with van der Waals surface area (Å²) in [6.07, 6.45) is 5.09. The van der Waals surface area contributed by atoms with Crippen LogP contribution in [-0.2, 0) is 11.3 Å². The standard InChI is InChI=1S/C19H27N5O/c1-3-20-19(23-10-9-16(13-23)15-25-2)21-11-17-12-22-24(14-17)18-7-5-4-6-8-18/h4-8,12,14,16H,3,9-11,13,15H2,1-2H3,(H,20,21). The van der Waals surface area contributed by atoms with E-state index in [1.165, 1.54) is 0 Å². The smallest absolute Gasteiger partial charge is 0.194 e. The monoisotopic (exact) mass is 341 g/mol. The number of para-hydroxylation sites is 1. The van der Waals surface area contributed by atoms with Crippen LogP contribution in [0.15, 0.2) is 47.7 Å². The molecule has 2 heterocycles. The van der Waals surface area contributed by atoms with Crippen molar-refractivity contribution < 1.29 is 4.74 Å². The Morgan fingerprint density at radius 1 is 1.36 bits per heavy atom. The molecule has 1 fully saturated rings. The lowest BCUT2D eigenvalue weighted by Gasteiger charge is -2.21. The SMILES string of the molecule is CCNC(=NCc1cnn(-c2ccccc2)c1)N1CCC(COC)C1. The third-order valence-electron chi connectivity index (χ3n) is 4.39. The maximum atomic E-state index is 5.29. The van der Waals surface area contributed by atoms with Gasteiger partial charge in [0.25, 0.3) is 0 Å². The van der Waals surface area contributed by atoms with Gasteiger partial charge in [-0.3, -0.25) is 0 Å². The van der Waals surface area contributed by atoms with E-state index in [-0.39, 0.29) is 0 Å². The second-order valence-electron chi connectivity index (χ2n) is 6.35. The van der Waals surface area contributed by atoms with Gasteiger partial charge in [0.2, 0.25) is 0 Å². The number of benzene rings is 1. The molecule has 1 aliphatic rings. The van der Waals surface area contributed by atoms with Crippen LogP contribution in [0.2, 0.25) is 0 Å². The van der Waals surface area contributed by atoms with Gasteiger partial charge >= 0.3 is 0 Å². The molecule has 2 aromatic rings. The number of aromatic nitrogens is 2. The first-order valence-corrected chi connectivity index (χ1v) is 8.91. The zero-order chi connectivity index (χ0) is 17.5. The highest BCUT2D eigenvalue weighted by Crippen LogP contribution is 2.17. The first kappa shape index (κ1) is 17.5. The molecule has 6 nitrogen and oxygen atoms in total. The van der Waals surface area contributed by atoms with Gasteiger partial charge in [-0.25, -0.2) is 9.67 Å². The molecule has 0 amide bonds. The minimum atomic E-state index is 0.592. The number of aliphatic imine (C=N–C) groups is 1. The summed E-state index contributed by atoms with van der Waals surface area (Å²) in [6.45, 7) is 6.45. The predicted octanol–water partition coefficient (Wildman–Crippen LogP) is 2.31. The average Bonchev–Trinajstić information content (AvgIpc) is 3.29. The Labute approximate surface area is 149 Å². The van der Waals surface area contributed by atoms with E-state index in [9.17, 15) is 0 Å². The van der Waals surface area contributed by atoms with Gasteiger partial charge in [0, 0.05) is 44.4 Å². The molecular weight excluding hydrogens is 314 g/mol. The molecule has 25 heavy (non-hydrogen) atoms. The summed E-state index contributed by atoms with van der Waals surface area (Å²) in [7, 11) is 1.77. The highest BCUT2D eigenvalue weighted by Gasteiger charge is 2.24. The summed E-state index contributed by atoms with van der Waals surface area (Å²) in [6, 6.07) is 10.1. The summed E-state index contributed by atoms with van der Waals surface area (Å²) in [5, 5.41) is 7.84. The number of likely N-dealkylation sites (tertiary alicyclic amines) is 1. The first-order chi connectivity index (χ1) is 12.3. The molecule has 3 rings (SSSR count). The van der Waals surface area contributed by atoms with Crippen molar-refractivity contribution in [3.63, 3.8) is 0 Å². The Kier molecular flexibility index (Phi) is 6.06. The number of guanidine groups is 1. The summed E-state index contributed by atoms with van der Waals surface area (Å²) in [4.78, 5) is 7.13. The van der Waals surface area contributed by atoms with Crippen molar-refractivity contribution in [3.8, 4) is 5.69 Å². The van der Waals surface area contributed by atoms with Crippen molar-refractivity contribution in [1.82, 2.24) is 20.0 Å². The van der Waals surface area contributed by atoms with Gasteiger partial charge in [-0.2, -0.15) is 5.10 Å². The average molecular weight is 341 g/mol. The molecular formula is C19H27N5O. The van der Waals surface area contributed by atoms with Crippen LogP contribution in [0.5, 0.6) is 0 Å². The molecule has 134 valence electrons. The molecule has 1 saturated heterocycles. The number of rotatable bonds is 6. The number of methoxy groups -OCH3 is 1. The minimum Gasteiger partial charge on any atom is -0.384 e. The molecule has 1 atom stereocenters. The molecule has 1 aromatic heterocycles. The fourth-order valence-electron chi connectivity index (χ4n) is 3.15. The Morgan fingerprint density at radius 3 is 2.96 bits per heavy atom. The van der Waals surface area contributed by atoms with Crippen LogP contribution >= 0.6 is 0 Å². The van der Waals surface area contributed by atoms with E-state index < -0.39 is 0 Å². The van der Waals surface area contributed by atoms with Crippen LogP contribution in [0.25, 0.3) is 5.69 Å². The Hall–Kier alpha value is -2.34. The van der Waals surface area contributed by atoms with Crippen molar-refractivity contribution in [3.05, 3.63) is 48.3 Å². The molecule has 0 spiro atoms. The van der Waals surface area contributed by atoms with Crippen LogP contribution < -0.4 is 5.32 Å². The second-order valence-corrected chi connectivity index (χ2v) is 6.35. The fourth-order valence-corrected chi connectivity index (χ4v) is 3.15. The van der Waals surface area contributed by atoms with Crippen LogP contribution in [0, 0.1) is 5.92 Å². The fraction of sp³-hybridized carbons (Fsp3) is 0.474. The molecule has 1 aromatic carbocycles. The van der Waals surface area contributed by atoms with Gasteiger partial charge in [-0.05, 0) is 25.5 Å². The van der Waals surface area contributed by atoms with Crippen molar-refractivity contribution in [2.24, 2.45) is 10.9 Å². The lowest BCUT2D eigenvalue weighted by molar-refractivity contribution is 0.157. The molecule has 6 heteroatoms. The molecule has 1 N–H and O–H groups in total. The number of hydrogen-bond acceptors (Lipinski definition) is 3. The number of nitrogens with one attached hydrogen (secondary N) is 1. The quantitative estimate of drug-likeness (QED) is 0.647. The highest BCUT2D eigenvalue weighted by atomic mass is 16.5. The van der Waals surface area contributed by atoms with Crippen LogP contribution in [0.3, 0.4) is 0 Å². The topological polar surface area (TPSA) is 54.7 Å². The van der Waals surface area contributed by atoms with Crippen LogP contribution in [0.1, 0.15) is 18.9 Å². The Balaban J connectivity index is 1.65. The maximum Gasteiger partial charge on any atom is 0.194 e. The van der Waals surface area contributed by atoms with Crippen molar-refractivity contribution in [2.45, 2.75) is 19.9 Å². The third kappa shape index (κ3) is 4.60. The van der Waals surface area contributed by atoms with Gasteiger partial charge < -0.3 is 15.0 Å². The third-order valence-corrected chi connectivity index (χ3v) is 4.39. The zero-order valence-electron chi connectivity index (χ0n) is 15.1. The normalized spacial score (nSPS) is 17.9. The lowest BCUT2D eigenvalue weighted by Crippen LogP contribution is -2.40. The van der Waals surface area contributed by atoms with E-state index in [1.54, 1.807) is 7.11 Å². The van der Waals surface area contributed by atoms with Gasteiger partial charge in [0.1, 0.15) is 0 Å². The first-order valence-electron chi connectivity index (χ1n) is 8.91. The predicted molar refractivity (Wildman–Crippen MR) is 99.9 cm³/mol. The lowest BCUT2D eigenvalue weighted by atomic mass is 10.1. The van der Waals surface area contributed by atoms with Crippen molar-refractivity contribution in [1.29, 1.82) is 0 Å². The second kappa shape index (κ2) is 8.67. The number of nitrogens with zero attached hydrogens (tertiary/aromatic N) is 4.